The number of aliphatic hydroxyl groups excluding tert-OH is 1. The number of hydrogen-bond donors (Lipinski definition) is 4. The van der Waals surface area contributed by atoms with E-state index >= 15 is 0 Å². The predicted molar refractivity (Wildman–Crippen MR) is 157 cm³/mol. The number of carbonyl (C=O) groups is 1. The Morgan fingerprint density at radius 1 is 0.821 bits per heavy atom. The van der Waals surface area contributed by atoms with Crippen molar-refractivity contribution in [3.8, 4) is 21.6 Å². The maximum Gasteiger partial charge on any atom is 0.314 e. The van der Waals surface area contributed by atoms with E-state index in [0.717, 1.165) is 40.3 Å². The highest BCUT2D eigenvalue weighted by Crippen LogP contribution is 2.32. The number of non-ortho nitro benzene ring substituents is 1. The molecule has 0 radical (unpaired) electrons. The number of nitro benzene ring substituents is 1. The average Bonchev–Trinajstić information content (AvgIpc) is 3.45. The zero-order chi connectivity index (χ0) is 27.5. The first-order valence-electron chi connectivity index (χ1n) is 12.9. The van der Waals surface area contributed by atoms with Crippen LogP contribution in [-0.2, 0) is 6.42 Å². The van der Waals surface area contributed by atoms with Gasteiger partial charge in [0, 0.05) is 36.6 Å². The molecule has 1 heterocycles. The van der Waals surface area contributed by atoms with Crippen LogP contribution in [0.5, 0.6) is 0 Å². The molecule has 0 saturated carbocycles. The first kappa shape index (κ1) is 27.8. The number of amides is 2. The largest absolute Gasteiger partial charge is 0.389 e. The summed E-state index contributed by atoms with van der Waals surface area (Å²) in [5, 5.41) is 30.7. The van der Waals surface area contributed by atoms with Crippen LogP contribution in [0.3, 0.4) is 0 Å². The summed E-state index contributed by atoms with van der Waals surface area (Å²) in [6, 6.07) is 29.0. The average molecular weight is 545 g/mol. The van der Waals surface area contributed by atoms with Crippen LogP contribution in [0.1, 0.15) is 18.4 Å². The number of nitro groups is 1. The molecule has 0 aliphatic heterocycles. The van der Waals surface area contributed by atoms with Crippen molar-refractivity contribution in [2.45, 2.75) is 25.4 Å². The third-order valence-electron chi connectivity index (χ3n) is 6.22. The van der Waals surface area contributed by atoms with Crippen LogP contribution in [0.2, 0.25) is 0 Å². The Kier molecular flexibility index (Phi) is 10.0. The lowest BCUT2D eigenvalue weighted by atomic mass is 10.0. The van der Waals surface area contributed by atoms with Gasteiger partial charge in [-0.2, -0.15) is 0 Å². The fourth-order valence-corrected chi connectivity index (χ4v) is 4.97. The van der Waals surface area contributed by atoms with E-state index in [0.29, 0.717) is 13.1 Å². The summed E-state index contributed by atoms with van der Waals surface area (Å²) in [6.45, 7) is 0.973. The van der Waals surface area contributed by atoms with Crippen LogP contribution in [0.4, 0.5) is 15.5 Å². The van der Waals surface area contributed by atoms with Gasteiger partial charge in [0.1, 0.15) is 0 Å². The molecule has 1 unspecified atom stereocenters. The monoisotopic (exact) mass is 544 g/mol. The molecule has 4 N–H and O–H groups in total. The Morgan fingerprint density at radius 2 is 1.51 bits per heavy atom. The van der Waals surface area contributed by atoms with E-state index in [2.05, 4.69) is 58.4 Å². The SMILES string of the molecule is O=C(NCCCCc1ccc([N+](=O)[O-])cc1)NCC(O)CNc1ccc(-c2ccc(-c3ccccc3)cc2)s1. The van der Waals surface area contributed by atoms with Crippen molar-refractivity contribution in [2.24, 2.45) is 0 Å². The number of urea groups is 1. The highest BCUT2D eigenvalue weighted by atomic mass is 32.1. The Hall–Kier alpha value is -4.21. The van der Waals surface area contributed by atoms with E-state index in [1.165, 1.54) is 23.3 Å². The van der Waals surface area contributed by atoms with Gasteiger partial charge in [-0.3, -0.25) is 10.1 Å². The summed E-state index contributed by atoms with van der Waals surface area (Å²) >= 11 is 1.62. The van der Waals surface area contributed by atoms with Gasteiger partial charge >= 0.3 is 6.03 Å². The van der Waals surface area contributed by atoms with E-state index < -0.39 is 11.0 Å². The number of anilines is 1. The molecule has 0 bridgehead atoms. The van der Waals surface area contributed by atoms with E-state index in [4.69, 9.17) is 0 Å². The topological polar surface area (TPSA) is 117 Å². The molecule has 0 aliphatic rings. The number of aliphatic hydroxyl groups is 1. The quantitative estimate of drug-likeness (QED) is 0.0924. The second kappa shape index (κ2) is 14.1. The molecule has 2 amide bonds. The molecular weight excluding hydrogens is 512 g/mol. The lowest BCUT2D eigenvalue weighted by Gasteiger charge is -2.13. The molecule has 0 spiro atoms. The van der Waals surface area contributed by atoms with Crippen molar-refractivity contribution in [1.29, 1.82) is 0 Å². The van der Waals surface area contributed by atoms with E-state index in [1.54, 1.807) is 23.5 Å². The molecule has 4 rings (SSSR count). The van der Waals surface area contributed by atoms with Crippen LogP contribution < -0.4 is 16.0 Å². The zero-order valence-electron chi connectivity index (χ0n) is 21.5. The van der Waals surface area contributed by atoms with Crippen LogP contribution >= 0.6 is 11.3 Å². The van der Waals surface area contributed by atoms with Gasteiger partial charge in [0.15, 0.2) is 0 Å². The minimum Gasteiger partial charge on any atom is -0.389 e. The Bertz CT molecular complexity index is 1340. The van der Waals surface area contributed by atoms with Gasteiger partial charge in [-0.25, -0.2) is 4.79 Å². The summed E-state index contributed by atoms with van der Waals surface area (Å²) in [4.78, 5) is 23.4. The van der Waals surface area contributed by atoms with Crippen molar-refractivity contribution >= 4 is 28.1 Å². The van der Waals surface area contributed by atoms with Crippen molar-refractivity contribution in [3.63, 3.8) is 0 Å². The van der Waals surface area contributed by atoms with Crippen molar-refractivity contribution in [2.75, 3.05) is 25.0 Å². The maximum atomic E-state index is 12.0. The highest BCUT2D eigenvalue weighted by molar-refractivity contribution is 7.19. The minimum absolute atomic E-state index is 0.0830. The van der Waals surface area contributed by atoms with E-state index in [9.17, 15) is 20.0 Å². The first-order valence-corrected chi connectivity index (χ1v) is 13.7. The van der Waals surface area contributed by atoms with Crippen molar-refractivity contribution < 1.29 is 14.8 Å². The van der Waals surface area contributed by atoms with Gasteiger partial charge in [-0.1, -0.05) is 66.7 Å². The fourth-order valence-electron chi connectivity index (χ4n) is 4.05. The van der Waals surface area contributed by atoms with Gasteiger partial charge in [-0.15, -0.1) is 11.3 Å². The number of hydrogen-bond acceptors (Lipinski definition) is 6. The smallest absolute Gasteiger partial charge is 0.314 e. The standard InChI is InChI=1S/C30H32N4O4S/c35-27(21-33-30(36)31-19-5-4-6-22-9-15-26(16-10-22)34(37)38)20-32-29-18-17-28(39-29)25-13-11-24(12-14-25)23-7-2-1-3-8-23/h1-3,7-18,27,32,35H,4-6,19-21H2,(H2,31,33,36). The Morgan fingerprint density at radius 3 is 2.23 bits per heavy atom. The molecule has 1 atom stereocenters. The third-order valence-corrected chi connectivity index (χ3v) is 7.31. The van der Waals surface area contributed by atoms with Gasteiger partial charge in [-0.05, 0) is 53.6 Å². The summed E-state index contributed by atoms with van der Waals surface area (Å²) in [6.07, 6.45) is 1.69. The molecular formula is C30H32N4O4S. The van der Waals surface area contributed by atoms with Gasteiger partial charge in [0.25, 0.3) is 5.69 Å². The van der Waals surface area contributed by atoms with Gasteiger partial charge in [0.2, 0.25) is 0 Å². The number of aryl methyl sites for hydroxylation is 1. The lowest BCUT2D eigenvalue weighted by Crippen LogP contribution is -2.41. The second-order valence-electron chi connectivity index (χ2n) is 9.16. The third kappa shape index (κ3) is 8.66. The van der Waals surface area contributed by atoms with E-state index in [-0.39, 0.29) is 18.3 Å². The number of carbonyl (C=O) groups excluding carboxylic acids is 1. The molecule has 0 fully saturated rings. The van der Waals surface area contributed by atoms with Gasteiger partial charge < -0.3 is 21.1 Å². The van der Waals surface area contributed by atoms with Crippen LogP contribution in [0.15, 0.2) is 91.0 Å². The second-order valence-corrected chi connectivity index (χ2v) is 10.2. The minimum atomic E-state index is -0.728. The van der Waals surface area contributed by atoms with Gasteiger partial charge in [0.05, 0.1) is 16.0 Å². The highest BCUT2D eigenvalue weighted by Gasteiger charge is 2.09. The molecule has 9 heteroatoms. The van der Waals surface area contributed by atoms with Crippen molar-refractivity contribution in [1.82, 2.24) is 10.6 Å². The number of benzene rings is 3. The van der Waals surface area contributed by atoms with E-state index in [1.807, 2.05) is 24.3 Å². The molecule has 0 aliphatic carbocycles. The van der Waals surface area contributed by atoms with Crippen LogP contribution in [0, 0.1) is 10.1 Å². The fraction of sp³-hybridized carbons (Fsp3) is 0.233. The Labute approximate surface area is 231 Å². The normalized spacial score (nSPS) is 11.5. The number of thiophene rings is 1. The maximum absolute atomic E-state index is 12.0. The number of unbranched alkanes of at least 4 members (excludes halogenated alkanes) is 1. The molecule has 8 nitrogen and oxygen atoms in total. The summed E-state index contributed by atoms with van der Waals surface area (Å²) < 4.78 is 0. The summed E-state index contributed by atoms with van der Waals surface area (Å²) in [5.41, 5.74) is 4.61. The first-order chi connectivity index (χ1) is 19.0. The molecule has 0 saturated heterocycles. The zero-order valence-corrected chi connectivity index (χ0v) is 22.3. The summed E-state index contributed by atoms with van der Waals surface area (Å²) in [5.74, 6) is 0. The molecule has 4 aromatic rings. The predicted octanol–water partition coefficient (Wildman–Crippen LogP) is 6.09. The molecule has 39 heavy (non-hydrogen) atoms. The molecule has 3 aromatic carbocycles. The number of nitrogens with zero attached hydrogens (tertiary/aromatic N) is 1. The molecule has 202 valence electrons. The lowest BCUT2D eigenvalue weighted by molar-refractivity contribution is -0.384. The summed E-state index contributed by atoms with van der Waals surface area (Å²) in [7, 11) is 0. The van der Waals surface area contributed by atoms with Crippen LogP contribution in [0.25, 0.3) is 21.6 Å². The van der Waals surface area contributed by atoms with Crippen LogP contribution in [-0.4, -0.2) is 41.8 Å². The molecule has 1 aromatic heterocycles. The number of rotatable bonds is 13. The Balaban J connectivity index is 1.10. The number of nitrogens with one attached hydrogen (secondary N) is 3. The van der Waals surface area contributed by atoms with Crippen molar-refractivity contribution in [3.05, 3.63) is 107 Å².